The molecule has 2 rings (SSSR count). The molecule has 9 heteroatoms. The van der Waals surface area contributed by atoms with E-state index in [2.05, 4.69) is 10.6 Å². The van der Waals surface area contributed by atoms with Crippen molar-refractivity contribution in [3.05, 3.63) is 35.4 Å². The summed E-state index contributed by atoms with van der Waals surface area (Å²) < 4.78 is 30.8. The summed E-state index contributed by atoms with van der Waals surface area (Å²) in [5.74, 6) is -2.95. The molecule has 0 aliphatic carbocycles. The molecule has 1 saturated heterocycles. The zero-order valence-corrected chi connectivity index (χ0v) is 13.6. The van der Waals surface area contributed by atoms with Crippen LogP contribution in [0.2, 0.25) is 0 Å². The van der Waals surface area contributed by atoms with Crippen molar-refractivity contribution in [2.24, 2.45) is 0 Å². The van der Waals surface area contributed by atoms with Crippen molar-refractivity contribution < 1.29 is 27.9 Å². The van der Waals surface area contributed by atoms with Crippen molar-refractivity contribution in [3.8, 4) is 0 Å². The number of esters is 1. The fourth-order valence-electron chi connectivity index (χ4n) is 2.19. The molecule has 1 unspecified atom stereocenters. The smallest absolute Gasteiger partial charge is 0.308 e. The molecule has 6 nitrogen and oxygen atoms in total. The summed E-state index contributed by atoms with van der Waals surface area (Å²) >= 11 is 0. The molecule has 1 aromatic carbocycles. The van der Waals surface area contributed by atoms with E-state index in [0.717, 1.165) is 12.1 Å². The number of amides is 2. The lowest BCUT2D eigenvalue weighted by molar-refractivity contribution is -0.138. The SMILES string of the molecule is C[C@H](NC(=O)Cc1cc(F)cc(F)c1)C(=O)NC1COC(=O)C1.Cl. The summed E-state index contributed by atoms with van der Waals surface area (Å²) in [5.41, 5.74) is 0.169. The molecule has 1 aromatic rings. The number of benzene rings is 1. The van der Waals surface area contributed by atoms with Crippen molar-refractivity contribution in [1.29, 1.82) is 0 Å². The fraction of sp³-hybridized carbons (Fsp3) is 0.400. The van der Waals surface area contributed by atoms with Gasteiger partial charge in [0.15, 0.2) is 0 Å². The Bertz CT molecular complexity index is 622. The Balaban J connectivity index is 0.00000288. The Labute approximate surface area is 143 Å². The lowest BCUT2D eigenvalue weighted by Gasteiger charge is -2.16. The minimum atomic E-state index is -0.850. The van der Waals surface area contributed by atoms with E-state index < -0.39 is 35.5 Å². The second-order valence-corrected chi connectivity index (χ2v) is 5.34. The summed E-state index contributed by atoms with van der Waals surface area (Å²) in [6, 6.07) is 1.55. The molecule has 1 fully saturated rings. The second kappa shape index (κ2) is 8.58. The largest absolute Gasteiger partial charge is 0.463 e. The van der Waals surface area contributed by atoms with Crippen molar-refractivity contribution >= 4 is 30.2 Å². The number of hydrogen-bond acceptors (Lipinski definition) is 4. The highest BCUT2D eigenvalue weighted by molar-refractivity contribution is 5.88. The molecule has 0 radical (unpaired) electrons. The standard InChI is InChI=1S/C15H16F2N2O4.ClH/c1-8(15(22)19-12-6-14(21)23-7-12)18-13(20)4-9-2-10(16)5-11(17)3-9;/h2-3,5,8,12H,4,6-7H2,1H3,(H,18,20)(H,19,22);1H/t8-,12?;/m0./s1. The summed E-state index contributed by atoms with van der Waals surface area (Å²) in [7, 11) is 0. The number of rotatable bonds is 5. The zero-order chi connectivity index (χ0) is 17.0. The lowest BCUT2D eigenvalue weighted by atomic mass is 10.1. The van der Waals surface area contributed by atoms with E-state index in [1.165, 1.54) is 6.92 Å². The van der Waals surface area contributed by atoms with Gasteiger partial charge in [0.05, 0.1) is 18.9 Å². The van der Waals surface area contributed by atoms with Crippen LogP contribution in [0.15, 0.2) is 18.2 Å². The number of nitrogens with one attached hydrogen (secondary N) is 2. The first kappa shape index (κ1) is 19.8. The molecule has 24 heavy (non-hydrogen) atoms. The van der Waals surface area contributed by atoms with Crippen molar-refractivity contribution in [2.45, 2.75) is 31.8 Å². The predicted octanol–water partition coefficient (Wildman–Crippen LogP) is 0.865. The molecule has 0 spiro atoms. The first-order chi connectivity index (χ1) is 10.8. The highest BCUT2D eigenvalue weighted by Gasteiger charge is 2.27. The van der Waals surface area contributed by atoms with E-state index >= 15 is 0 Å². The monoisotopic (exact) mass is 362 g/mol. The third-order valence-corrected chi connectivity index (χ3v) is 3.26. The highest BCUT2D eigenvalue weighted by Crippen LogP contribution is 2.09. The van der Waals surface area contributed by atoms with Gasteiger partial charge in [0.2, 0.25) is 11.8 Å². The molecule has 0 aromatic heterocycles. The summed E-state index contributed by atoms with van der Waals surface area (Å²) in [6.45, 7) is 1.57. The third-order valence-electron chi connectivity index (χ3n) is 3.26. The number of halogens is 3. The number of carbonyl (C=O) groups is 3. The van der Waals surface area contributed by atoms with Crippen molar-refractivity contribution in [1.82, 2.24) is 10.6 Å². The Morgan fingerprint density at radius 3 is 2.46 bits per heavy atom. The van der Waals surface area contributed by atoms with Crippen LogP contribution < -0.4 is 10.6 Å². The van der Waals surface area contributed by atoms with Gasteiger partial charge < -0.3 is 15.4 Å². The number of carbonyl (C=O) groups excluding carboxylic acids is 3. The molecule has 1 aliphatic heterocycles. The topological polar surface area (TPSA) is 84.5 Å². The second-order valence-electron chi connectivity index (χ2n) is 5.34. The van der Waals surface area contributed by atoms with Gasteiger partial charge >= 0.3 is 5.97 Å². The molecule has 1 aliphatic rings. The first-order valence-corrected chi connectivity index (χ1v) is 7.04. The maximum atomic E-state index is 13.1. The fourth-order valence-corrected chi connectivity index (χ4v) is 2.19. The molecular formula is C15H17ClF2N2O4. The van der Waals surface area contributed by atoms with E-state index in [0.29, 0.717) is 6.07 Å². The van der Waals surface area contributed by atoms with E-state index in [1.807, 2.05) is 0 Å². The maximum absolute atomic E-state index is 13.1. The minimum absolute atomic E-state index is 0. The van der Waals surface area contributed by atoms with Crippen molar-refractivity contribution in [2.75, 3.05) is 6.61 Å². The van der Waals surface area contributed by atoms with Crippen LogP contribution in [0, 0.1) is 11.6 Å². The van der Waals surface area contributed by atoms with Gasteiger partial charge in [-0.25, -0.2) is 8.78 Å². The predicted molar refractivity (Wildman–Crippen MR) is 82.4 cm³/mol. The number of cyclic esters (lactones) is 1. The first-order valence-electron chi connectivity index (χ1n) is 7.04. The summed E-state index contributed by atoms with van der Waals surface area (Å²) in [4.78, 5) is 34.6. The van der Waals surface area contributed by atoms with Gasteiger partial charge in [0.25, 0.3) is 0 Å². The molecule has 132 valence electrons. The Kier molecular flexibility index (Phi) is 7.09. The average molecular weight is 363 g/mol. The quantitative estimate of drug-likeness (QED) is 0.761. The normalized spacial score (nSPS) is 17.5. The van der Waals surface area contributed by atoms with Gasteiger partial charge in [-0.1, -0.05) is 0 Å². The maximum Gasteiger partial charge on any atom is 0.308 e. The number of hydrogen-bond donors (Lipinski definition) is 2. The lowest BCUT2D eigenvalue weighted by Crippen LogP contribution is -2.48. The van der Waals surface area contributed by atoms with Crippen LogP contribution in [0.25, 0.3) is 0 Å². The molecule has 2 N–H and O–H groups in total. The molecule has 0 bridgehead atoms. The Morgan fingerprint density at radius 2 is 1.92 bits per heavy atom. The van der Waals surface area contributed by atoms with Crippen LogP contribution in [-0.4, -0.2) is 36.5 Å². The van der Waals surface area contributed by atoms with Gasteiger partial charge in [0, 0.05) is 6.07 Å². The van der Waals surface area contributed by atoms with Crippen LogP contribution in [0.1, 0.15) is 18.9 Å². The van der Waals surface area contributed by atoms with Crippen LogP contribution >= 0.6 is 12.4 Å². The number of ether oxygens (including phenoxy) is 1. The summed E-state index contributed by atoms with van der Waals surface area (Å²) in [5, 5.41) is 5.01. The van der Waals surface area contributed by atoms with E-state index in [9.17, 15) is 23.2 Å². The minimum Gasteiger partial charge on any atom is -0.463 e. The average Bonchev–Trinajstić information content (AvgIpc) is 2.82. The molecule has 2 atom stereocenters. The van der Waals surface area contributed by atoms with Gasteiger partial charge in [-0.15, -0.1) is 12.4 Å². The van der Waals surface area contributed by atoms with Gasteiger partial charge in [-0.05, 0) is 24.6 Å². The van der Waals surface area contributed by atoms with E-state index in [4.69, 9.17) is 4.74 Å². The summed E-state index contributed by atoms with van der Waals surface area (Å²) in [6.07, 6.45) is -0.160. The third kappa shape index (κ3) is 5.77. The van der Waals surface area contributed by atoms with E-state index in [-0.39, 0.29) is 43.4 Å². The van der Waals surface area contributed by atoms with E-state index in [1.54, 1.807) is 0 Å². The zero-order valence-electron chi connectivity index (χ0n) is 12.8. The molecule has 2 amide bonds. The van der Waals surface area contributed by atoms with Crippen LogP contribution in [0.5, 0.6) is 0 Å². The van der Waals surface area contributed by atoms with Crippen LogP contribution in [-0.2, 0) is 25.5 Å². The Morgan fingerprint density at radius 1 is 1.29 bits per heavy atom. The van der Waals surface area contributed by atoms with Crippen LogP contribution in [0.3, 0.4) is 0 Å². The molecule has 1 heterocycles. The van der Waals surface area contributed by atoms with Gasteiger partial charge in [-0.3, -0.25) is 14.4 Å². The van der Waals surface area contributed by atoms with Gasteiger partial charge in [-0.2, -0.15) is 0 Å². The Hall–Kier alpha value is -2.22. The molecular weight excluding hydrogens is 346 g/mol. The van der Waals surface area contributed by atoms with Crippen LogP contribution in [0.4, 0.5) is 8.78 Å². The molecule has 0 saturated carbocycles. The highest BCUT2D eigenvalue weighted by atomic mass is 35.5. The van der Waals surface area contributed by atoms with Crippen molar-refractivity contribution in [3.63, 3.8) is 0 Å². The van der Waals surface area contributed by atoms with Gasteiger partial charge in [0.1, 0.15) is 24.3 Å².